The van der Waals surface area contributed by atoms with Crippen LogP contribution in [0.1, 0.15) is 11.1 Å². The zero-order valence-corrected chi connectivity index (χ0v) is 10.8. The van der Waals surface area contributed by atoms with Crippen molar-refractivity contribution in [1.82, 2.24) is 10.0 Å². The molecule has 1 aromatic carbocycles. The number of hydrogen-bond acceptors (Lipinski definition) is 3. The molecule has 0 spiro atoms. The minimum absolute atomic E-state index is 0.152. The lowest BCUT2D eigenvalue weighted by molar-refractivity contribution is -0.121. The molecule has 2 aliphatic rings. The Labute approximate surface area is 115 Å². The molecule has 1 aliphatic carbocycles. The molecule has 0 bridgehead atoms. The molecular weight excluding hydrogens is 254 g/mol. The van der Waals surface area contributed by atoms with Crippen molar-refractivity contribution in [2.75, 3.05) is 6.54 Å². The maximum absolute atomic E-state index is 12.3. The average Bonchev–Trinajstić information content (AvgIpc) is 2.84. The maximum Gasteiger partial charge on any atom is 0.225 e. The summed E-state index contributed by atoms with van der Waals surface area (Å²) in [7, 11) is 0. The molecule has 4 rings (SSSR count). The summed E-state index contributed by atoms with van der Waals surface area (Å²) in [6.45, 7) is 0.152. The minimum Gasteiger partial charge on any atom is -0.785 e. The SMILES string of the molecule is NC(=O)[C@@H]1C=C2c3cccc4[nH]cc(c34)C[C@H]2N([O-])C1. The molecule has 0 saturated carbocycles. The topological polar surface area (TPSA) is 85.2 Å². The fourth-order valence-corrected chi connectivity index (χ4v) is 3.38. The summed E-state index contributed by atoms with van der Waals surface area (Å²) in [6.07, 6.45) is 4.53. The molecule has 1 aromatic heterocycles. The van der Waals surface area contributed by atoms with E-state index in [0.717, 1.165) is 32.7 Å². The van der Waals surface area contributed by atoms with Crippen molar-refractivity contribution in [1.29, 1.82) is 0 Å². The molecule has 2 atom stereocenters. The number of H-pyrrole nitrogens is 1. The summed E-state index contributed by atoms with van der Waals surface area (Å²) in [5.41, 5.74) is 9.58. The largest absolute Gasteiger partial charge is 0.785 e. The maximum atomic E-state index is 12.3. The van der Waals surface area contributed by atoms with E-state index in [9.17, 15) is 10.0 Å². The Hall–Kier alpha value is -2.11. The predicted octanol–water partition coefficient (Wildman–Crippen LogP) is 1.39. The summed E-state index contributed by atoms with van der Waals surface area (Å²) >= 11 is 0. The van der Waals surface area contributed by atoms with Crippen molar-refractivity contribution in [2.24, 2.45) is 11.7 Å². The van der Waals surface area contributed by atoms with Crippen molar-refractivity contribution < 1.29 is 4.79 Å². The molecular formula is C15H14N3O2-. The van der Waals surface area contributed by atoms with E-state index < -0.39 is 11.8 Å². The van der Waals surface area contributed by atoms with Gasteiger partial charge in [0, 0.05) is 29.7 Å². The van der Waals surface area contributed by atoms with Crippen LogP contribution in [-0.4, -0.2) is 28.5 Å². The molecule has 5 nitrogen and oxygen atoms in total. The van der Waals surface area contributed by atoms with Crippen LogP contribution in [0.5, 0.6) is 0 Å². The standard InChI is InChI=1S/C15H14N3O2/c16-15(19)9-4-11-10-2-1-3-12-14(10)8(6-17-12)5-13(11)18(20)7-9/h1-4,6,9,13,17H,5,7H2,(H2,16,19)/q-1/t9-,13-/m1/s1. The quantitative estimate of drug-likeness (QED) is 0.819. The van der Waals surface area contributed by atoms with Gasteiger partial charge in [-0.3, -0.25) is 4.79 Å². The van der Waals surface area contributed by atoms with E-state index in [-0.39, 0.29) is 12.6 Å². The van der Waals surface area contributed by atoms with Gasteiger partial charge < -0.3 is 21.0 Å². The Morgan fingerprint density at radius 2 is 2.30 bits per heavy atom. The van der Waals surface area contributed by atoms with Crippen molar-refractivity contribution in [3.8, 4) is 0 Å². The van der Waals surface area contributed by atoms with Crippen LogP contribution in [0.15, 0.2) is 30.5 Å². The van der Waals surface area contributed by atoms with Gasteiger partial charge in [0.25, 0.3) is 0 Å². The van der Waals surface area contributed by atoms with Gasteiger partial charge in [0.2, 0.25) is 5.91 Å². The van der Waals surface area contributed by atoms with Crippen molar-refractivity contribution in [2.45, 2.75) is 12.5 Å². The van der Waals surface area contributed by atoms with Gasteiger partial charge in [-0.25, -0.2) is 0 Å². The van der Waals surface area contributed by atoms with Crippen LogP contribution in [0.3, 0.4) is 0 Å². The fourth-order valence-electron chi connectivity index (χ4n) is 3.38. The summed E-state index contributed by atoms with van der Waals surface area (Å²) in [4.78, 5) is 14.7. The number of benzene rings is 1. The van der Waals surface area contributed by atoms with E-state index in [1.807, 2.05) is 30.5 Å². The highest BCUT2D eigenvalue weighted by atomic mass is 16.5. The van der Waals surface area contributed by atoms with Gasteiger partial charge in [0.15, 0.2) is 0 Å². The summed E-state index contributed by atoms with van der Waals surface area (Å²) in [5.74, 6) is -0.946. The second-order valence-electron chi connectivity index (χ2n) is 5.49. The van der Waals surface area contributed by atoms with Gasteiger partial charge in [-0.15, -0.1) is 0 Å². The van der Waals surface area contributed by atoms with E-state index >= 15 is 0 Å². The Kier molecular flexibility index (Phi) is 2.31. The smallest absolute Gasteiger partial charge is 0.225 e. The van der Waals surface area contributed by atoms with Gasteiger partial charge in [-0.05, 0) is 29.2 Å². The first-order valence-electron chi connectivity index (χ1n) is 6.69. The molecule has 1 amide bonds. The van der Waals surface area contributed by atoms with Gasteiger partial charge >= 0.3 is 0 Å². The number of hydrogen-bond donors (Lipinski definition) is 2. The molecule has 5 heteroatoms. The summed E-state index contributed by atoms with van der Waals surface area (Å²) in [6, 6.07) is 5.78. The predicted molar refractivity (Wildman–Crippen MR) is 76.5 cm³/mol. The van der Waals surface area contributed by atoms with Crippen LogP contribution in [-0.2, 0) is 11.2 Å². The highest BCUT2D eigenvalue weighted by Gasteiger charge is 2.32. The lowest BCUT2D eigenvalue weighted by atomic mass is 9.80. The first kappa shape index (κ1) is 11.7. The minimum atomic E-state index is -0.505. The molecule has 0 unspecified atom stereocenters. The van der Waals surface area contributed by atoms with Gasteiger partial charge in [-0.2, -0.15) is 0 Å². The third-order valence-corrected chi connectivity index (χ3v) is 4.34. The third-order valence-electron chi connectivity index (χ3n) is 4.34. The normalized spacial score (nSPS) is 25.4. The summed E-state index contributed by atoms with van der Waals surface area (Å²) < 4.78 is 0. The molecule has 2 aromatic rings. The molecule has 102 valence electrons. The molecule has 2 heterocycles. The molecule has 0 radical (unpaired) electrons. The number of rotatable bonds is 1. The van der Waals surface area contributed by atoms with Crippen LogP contribution in [0.25, 0.3) is 16.5 Å². The highest BCUT2D eigenvalue weighted by Crippen LogP contribution is 2.40. The lowest BCUT2D eigenvalue weighted by Crippen LogP contribution is -2.44. The number of hydroxylamine groups is 2. The van der Waals surface area contributed by atoms with Crippen LogP contribution < -0.4 is 5.73 Å². The number of primary amides is 1. The second kappa shape index (κ2) is 3.94. The number of carbonyl (C=O) groups excluding carboxylic acids is 1. The fraction of sp³-hybridized carbons (Fsp3) is 0.267. The van der Waals surface area contributed by atoms with E-state index in [2.05, 4.69) is 4.98 Å². The Morgan fingerprint density at radius 3 is 3.10 bits per heavy atom. The highest BCUT2D eigenvalue weighted by molar-refractivity contribution is 5.99. The van der Waals surface area contributed by atoms with Crippen molar-refractivity contribution in [3.05, 3.63) is 46.8 Å². The number of nitrogens with zero attached hydrogens (tertiary/aromatic N) is 1. The number of amides is 1. The van der Waals surface area contributed by atoms with Gasteiger partial charge in [0.05, 0.1) is 5.92 Å². The second-order valence-corrected chi connectivity index (χ2v) is 5.49. The number of nitrogens with one attached hydrogen (secondary N) is 1. The molecule has 0 fully saturated rings. The third kappa shape index (κ3) is 1.47. The Morgan fingerprint density at radius 1 is 1.45 bits per heavy atom. The van der Waals surface area contributed by atoms with Crippen LogP contribution in [0.2, 0.25) is 0 Å². The van der Waals surface area contributed by atoms with Gasteiger partial charge in [-0.1, -0.05) is 18.2 Å². The van der Waals surface area contributed by atoms with Crippen molar-refractivity contribution >= 4 is 22.4 Å². The van der Waals surface area contributed by atoms with Crippen LogP contribution in [0.4, 0.5) is 0 Å². The number of nitrogens with two attached hydrogens (primary N) is 1. The number of aromatic amines is 1. The molecule has 1 aliphatic heterocycles. The molecule has 3 N–H and O–H groups in total. The van der Waals surface area contributed by atoms with Crippen LogP contribution >= 0.6 is 0 Å². The number of aromatic nitrogens is 1. The Bertz CT molecular complexity index is 747. The monoisotopic (exact) mass is 268 g/mol. The zero-order valence-electron chi connectivity index (χ0n) is 10.8. The first-order chi connectivity index (χ1) is 9.65. The molecule has 0 saturated heterocycles. The van der Waals surface area contributed by atoms with E-state index in [1.54, 1.807) is 0 Å². The average molecular weight is 268 g/mol. The van der Waals surface area contributed by atoms with Gasteiger partial charge in [0.1, 0.15) is 0 Å². The van der Waals surface area contributed by atoms with Crippen LogP contribution in [0, 0.1) is 11.1 Å². The van der Waals surface area contributed by atoms with E-state index in [4.69, 9.17) is 5.73 Å². The first-order valence-corrected chi connectivity index (χ1v) is 6.69. The van der Waals surface area contributed by atoms with E-state index in [0.29, 0.717) is 6.42 Å². The lowest BCUT2D eigenvalue weighted by Gasteiger charge is -2.45. The number of carbonyl (C=O) groups is 1. The summed E-state index contributed by atoms with van der Waals surface area (Å²) in [5, 5.41) is 14.4. The Balaban J connectivity index is 1.96. The van der Waals surface area contributed by atoms with E-state index in [1.165, 1.54) is 0 Å². The number of fused-ring (bicyclic) bond motifs is 2. The molecule has 20 heavy (non-hydrogen) atoms. The van der Waals surface area contributed by atoms with Crippen molar-refractivity contribution in [3.63, 3.8) is 0 Å². The zero-order chi connectivity index (χ0) is 13.9.